The highest BCUT2D eigenvalue weighted by molar-refractivity contribution is 7.26. The van der Waals surface area contributed by atoms with Crippen LogP contribution in [0.25, 0.3) is 73.4 Å². The third-order valence-corrected chi connectivity index (χ3v) is 13.5. The molecule has 2 heterocycles. The van der Waals surface area contributed by atoms with Crippen molar-refractivity contribution in [2.45, 2.75) is 19.3 Å². The van der Waals surface area contributed by atoms with Gasteiger partial charge >= 0.3 is 0 Å². The lowest BCUT2D eigenvalue weighted by molar-refractivity contribution is 0.660. The summed E-state index contributed by atoms with van der Waals surface area (Å²) in [6.45, 7) is 4.72. The number of hydrogen-bond acceptors (Lipinski definition) is 3. The van der Waals surface area contributed by atoms with Crippen LogP contribution in [0.2, 0.25) is 0 Å². The second kappa shape index (κ2) is 11.1. The Morgan fingerprint density at radius 3 is 1.79 bits per heavy atom. The Hall–Kier alpha value is -5.74. The van der Waals surface area contributed by atoms with Crippen molar-refractivity contribution in [1.82, 2.24) is 0 Å². The molecule has 10 aromatic rings. The zero-order valence-corrected chi connectivity index (χ0v) is 30.5. The monoisotopic (exact) mass is 699 g/mol. The number of rotatable bonds is 4. The van der Waals surface area contributed by atoms with Gasteiger partial charge in [0.1, 0.15) is 0 Å². The maximum absolute atomic E-state index is 2.44. The van der Waals surface area contributed by atoms with E-state index in [1.165, 1.54) is 90.2 Å². The number of anilines is 3. The van der Waals surface area contributed by atoms with E-state index in [4.69, 9.17) is 0 Å². The van der Waals surface area contributed by atoms with Crippen LogP contribution < -0.4 is 4.90 Å². The number of benzene rings is 8. The molecule has 0 aliphatic heterocycles. The quantitative estimate of drug-likeness (QED) is 0.177. The second-order valence-corrected chi connectivity index (χ2v) is 16.7. The van der Waals surface area contributed by atoms with E-state index in [1.54, 1.807) is 0 Å². The molecule has 3 heteroatoms. The molecular weight excluding hydrogens is 667 g/mol. The average Bonchev–Trinajstić information content (AvgIpc) is 3.81. The Labute approximate surface area is 310 Å². The molecule has 8 aromatic carbocycles. The molecule has 0 fully saturated rings. The van der Waals surface area contributed by atoms with Crippen molar-refractivity contribution >= 4 is 90.9 Å². The maximum Gasteiger partial charge on any atom is 0.0468 e. The van der Waals surface area contributed by atoms with Crippen molar-refractivity contribution in [1.29, 1.82) is 0 Å². The molecule has 0 bridgehead atoms. The highest BCUT2D eigenvalue weighted by atomic mass is 32.1. The minimum atomic E-state index is -0.0842. The largest absolute Gasteiger partial charge is 0.310 e. The Kier molecular flexibility index (Phi) is 6.41. The average molecular weight is 700 g/mol. The third-order valence-electron chi connectivity index (χ3n) is 11.3. The summed E-state index contributed by atoms with van der Waals surface area (Å²) >= 11 is 3.75. The van der Waals surface area contributed by atoms with Crippen molar-refractivity contribution in [2.24, 2.45) is 0 Å². The zero-order chi connectivity index (χ0) is 34.6. The molecule has 0 N–H and O–H groups in total. The molecular formula is C49H33NS2. The summed E-state index contributed by atoms with van der Waals surface area (Å²) in [6.07, 6.45) is 0. The van der Waals surface area contributed by atoms with E-state index in [0.29, 0.717) is 0 Å². The van der Waals surface area contributed by atoms with Crippen LogP contribution in [-0.2, 0) is 5.41 Å². The minimum Gasteiger partial charge on any atom is -0.310 e. The van der Waals surface area contributed by atoms with Crippen LogP contribution in [0.15, 0.2) is 164 Å². The fourth-order valence-electron chi connectivity index (χ4n) is 8.67. The Balaban J connectivity index is 1.07. The molecule has 2 aromatic heterocycles. The topological polar surface area (TPSA) is 3.24 Å². The van der Waals surface area contributed by atoms with Crippen molar-refractivity contribution in [3.8, 4) is 22.3 Å². The smallest absolute Gasteiger partial charge is 0.0468 e. The summed E-state index contributed by atoms with van der Waals surface area (Å²) in [4.78, 5) is 2.44. The van der Waals surface area contributed by atoms with E-state index >= 15 is 0 Å². The van der Waals surface area contributed by atoms with E-state index in [1.807, 2.05) is 22.7 Å². The van der Waals surface area contributed by atoms with Gasteiger partial charge in [-0.25, -0.2) is 0 Å². The lowest BCUT2D eigenvalue weighted by Crippen LogP contribution is -2.16. The summed E-state index contributed by atoms with van der Waals surface area (Å²) in [7, 11) is 0. The number of thiophene rings is 2. The first-order valence-corrected chi connectivity index (χ1v) is 19.5. The molecule has 246 valence electrons. The molecule has 1 aliphatic carbocycles. The predicted octanol–water partition coefficient (Wildman–Crippen LogP) is 15.0. The highest BCUT2D eigenvalue weighted by Gasteiger charge is 2.35. The third kappa shape index (κ3) is 4.40. The number of nitrogens with zero attached hydrogens (tertiary/aromatic N) is 1. The molecule has 1 aliphatic rings. The van der Waals surface area contributed by atoms with Gasteiger partial charge in [-0.05, 0) is 111 Å². The molecule has 0 spiro atoms. The van der Waals surface area contributed by atoms with E-state index in [0.717, 1.165) is 11.4 Å². The van der Waals surface area contributed by atoms with Crippen molar-refractivity contribution in [2.75, 3.05) is 4.90 Å². The zero-order valence-electron chi connectivity index (χ0n) is 28.9. The van der Waals surface area contributed by atoms with Gasteiger partial charge in [-0.15, -0.1) is 22.7 Å². The van der Waals surface area contributed by atoms with Gasteiger partial charge in [0.25, 0.3) is 0 Å². The second-order valence-electron chi connectivity index (χ2n) is 14.5. The number of fused-ring (bicyclic) bond motifs is 10. The molecule has 0 radical (unpaired) electrons. The highest BCUT2D eigenvalue weighted by Crippen LogP contribution is 2.51. The van der Waals surface area contributed by atoms with Gasteiger partial charge < -0.3 is 4.90 Å². The first-order valence-electron chi connectivity index (χ1n) is 17.9. The van der Waals surface area contributed by atoms with E-state index in [-0.39, 0.29) is 5.41 Å². The molecule has 1 nitrogen and oxygen atoms in total. The van der Waals surface area contributed by atoms with Crippen LogP contribution in [0.3, 0.4) is 0 Å². The van der Waals surface area contributed by atoms with Crippen LogP contribution >= 0.6 is 22.7 Å². The molecule has 52 heavy (non-hydrogen) atoms. The van der Waals surface area contributed by atoms with Gasteiger partial charge in [0.15, 0.2) is 0 Å². The van der Waals surface area contributed by atoms with Crippen molar-refractivity contribution in [3.63, 3.8) is 0 Å². The van der Waals surface area contributed by atoms with Crippen molar-refractivity contribution in [3.05, 3.63) is 175 Å². The van der Waals surface area contributed by atoms with Crippen LogP contribution in [-0.4, -0.2) is 0 Å². The first-order chi connectivity index (χ1) is 25.5. The predicted molar refractivity (Wildman–Crippen MR) is 227 cm³/mol. The van der Waals surface area contributed by atoms with Crippen LogP contribution in [0.1, 0.15) is 25.0 Å². The van der Waals surface area contributed by atoms with Crippen LogP contribution in [0.4, 0.5) is 17.1 Å². The fraction of sp³-hybridized carbons (Fsp3) is 0.0612. The first kappa shape index (κ1) is 29.9. The van der Waals surface area contributed by atoms with Gasteiger partial charge in [0.05, 0.1) is 0 Å². The Morgan fingerprint density at radius 2 is 0.981 bits per heavy atom. The van der Waals surface area contributed by atoms with Crippen LogP contribution in [0.5, 0.6) is 0 Å². The van der Waals surface area contributed by atoms with Crippen molar-refractivity contribution < 1.29 is 0 Å². The van der Waals surface area contributed by atoms with E-state index in [2.05, 4.69) is 183 Å². The molecule has 0 unspecified atom stereocenters. The lowest BCUT2D eigenvalue weighted by atomic mass is 9.82. The summed E-state index contributed by atoms with van der Waals surface area (Å²) in [5, 5.41) is 7.86. The molecule has 0 saturated carbocycles. The number of hydrogen-bond donors (Lipinski definition) is 0. The summed E-state index contributed by atoms with van der Waals surface area (Å²) in [5.41, 5.74) is 11.3. The summed E-state index contributed by atoms with van der Waals surface area (Å²) in [5.74, 6) is 0. The summed E-state index contributed by atoms with van der Waals surface area (Å²) < 4.78 is 5.31. The molecule has 0 atom stereocenters. The standard InChI is InChI=1S/C49H33NS2/c1-49(2)43-15-6-3-11-36(43)37-24-22-34(28-44(37)49)50(33-23-25-47-42(27-33)39-13-5-7-16-45(39)51-47)32-20-18-30(19-21-32)35-14-9-10-31-26-41-38-12-4-8-17-46(38)52-48(41)29-40(31)35/h3-29H,1-2H3. The van der Waals surface area contributed by atoms with E-state index < -0.39 is 0 Å². The van der Waals surface area contributed by atoms with Gasteiger partial charge in [-0.2, -0.15) is 0 Å². The minimum absolute atomic E-state index is 0.0842. The Bertz CT molecular complexity index is 3050. The van der Waals surface area contributed by atoms with Gasteiger partial charge in [0, 0.05) is 62.8 Å². The summed E-state index contributed by atoms with van der Waals surface area (Å²) in [6, 6.07) is 61.2. The molecule has 0 amide bonds. The Morgan fingerprint density at radius 1 is 0.385 bits per heavy atom. The SMILES string of the molecule is CC1(C)c2ccccc2-c2ccc(N(c3ccc(-c4cccc5cc6c(cc45)sc4ccccc46)cc3)c3ccc4sc5ccccc5c4c3)cc21. The van der Waals surface area contributed by atoms with Crippen LogP contribution in [0, 0.1) is 0 Å². The van der Waals surface area contributed by atoms with Gasteiger partial charge in [-0.1, -0.05) is 111 Å². The van der Waals surface area contributed by atoms with Gasteiger partial charge in [0.2, 0.25) is 0 Å². The molecule has 0 saturated heterocycles. The lowest BCUT2D eigenvalue weighted by Gasteiger charge is -2.28. The maximum atomic E-state index is 2.44. The van der Waals surface area contributed by atoms with E-state index in [9.17, 15) is 0 Å². The van der Waals surface area contributed by atoms with Gasteiger partial charge in [-0.3, -0.25) is 0 Å². The fourth-order valence-corrected chi connectivity index (χ4v) is 10.9. The molecule has 11 rings (SSSR count). The normalized spacial score (nSPS) is 13.3.